The monoisotopic (exact) mass is 410 g/mol. The molecule has 7 heteroatoms. The van der Waals surface area contributed by atoms with Crippen molar-refractivity contribution < 1.29 is 19.1 Å². The van der Waals surface area contributed by atoms with Gasteiger partial charge in [-0.15, -0.1) is 11.3 Å². The van der Waals surface area contributed by atoms with Crippen LogP contribution in [0.4, 0.5) is 16.2 Å². The number of thiophene rings is 1. The zero-order valence-corrected chi connectivity index (χ0v) is 17.3. The van der Waals surface area contributed by atoms with Crippen LogP contribution in [0.2, 0.25) is 0 Å². The Morgan fingerprint density at radius 2 is 1.76 bits per heavy atom. The number of amides is 2. The van der Waals surface area contributed by atoms with Crippen molar-refractivity contribution >= 4 is 34.7 Å². The number of nitrogens with zero attached hydrogens (tertiary/aromatic N) is 1. The van der Waals surface area contributed by atoms with Gasteiger partial charge in [0, 0.05) is 23.3 Å². The number of hydrogen-bond donors (Lipinski definition) is 1. The highest BCUT2D eigenvalue weighted by atomic mass is 32.1. The summed E-state index contributed by atoms with van der Waals surface area (Å²) in [5, 5.41) is 2.89. The Hall–Kier alpha value is -3.32. The summed E-state index contributed by atoms with van der Waals surface area (Å²) in [6.07, 6.45) is -0.463. The number of hydrogen-bond acceptors (Lipinski definition) is 5. The first-order valence-corrected chi connectivity index (χ1v) is 9.90. The summed E-state index contributed by atoms with van der Waals surface area (Å²) >= 11 is 1.39. The van der Waals surface area contributed by atoms with Crippen LogP contribution in [-0.2, 0) is 4.74 Å². The van der Waals surface area contributed by atoms with Gasteiger partial charge in [-0.25, -0.2) is 4.79 Å². The van der Waals surface area contributed by atoms with Crippen LogP contribution in [0.5, 0.6) is 5.75 Å². The maximum absolute atomic E-state index is 12.9. The van der Waals surface area contributed by atoms with Crippen LogP contribution >= 0.6 is 11.3 Å². The molecule has 2 aromatic carbocycles. The molecule has 3 aromatic rings. The second kappa shape index (κ2) is 9.25. The molecule has 1 heterocycles. The third-order valence-corrected chi connectivity index (χ3v) is 5.39. The van der Waals surface area contributed by atoms with Gasteiger partial charge in [0.05, 0.1) is 13.7 Å². The van der Waals surface area contributed by atoms with Crippen molar-refractivity contribution in [2.45, 2.75) is 6.92 Å². The van der Waals surface area contributed by atoms with Crippen molar-refractivity contribution in [3.8, 4) is 16.2 Å². The maximum atomic E-state index is 12.9. The number of carbonyl (C=O) groups is 2. The first kappa shape index (κ1) is 20.4. The standard InChI is InChI=1S/C22H22N2O4S/c1-4-28-18-14-19(15-8-6-5-7-9-15)29-20(18)21(25)23-16-10-12-17(13-11-16)24(2)22(26)27-3/h5-14H,4H2,1-3H3,(H,23,25). The van der Waals surface area contributed by atoms with Gasteiger partial charge in [0.15, 0.2) is 0 Å². The molecule has 0 aliphatic carbocycles. The Kier molecular flexibility index (Phi) is 6.51. The predicted molar refractivity (Wildman–Crippen MR) is 116 cm³/mol. The van der Waals surface area contributed by atoms with E-state index in [4.69, 9.17) is 9.47 Å². The second-order valence-corrected chi connectivity index (χ2v) is 7.19. The third kappa shape index (κ3) is 4.75. The molecule has 0 aliphatic heterocycles. The van der Waals surface area contributed by atoms with Crippen molar-refractivity contribution in [3.63, 3.8) is 0 Å². The van der Waals surface area contributed by atoms with Crippen LogP contribution in [0, 0.1) is 0 Å². The van der Waals surface area contributed by atoms with Gasteiger partial charge in [-0.2, -0.15) is 0 Å². The van der Waals surface area contributed by atoms with Crippen LogP contribution in [0.25, 0.3) is 10.4 Å². The topological polar surface area (TPSA) is 67.9 Å². The van der Waals surface area contributed by atoms with E-state index in [9.17, 15) is 9.59 Å². The van der Waals surface area contributed by atoms with E-state index in [1.165, 1.54) is 23.3 Å². The quantitative estimate of drug-likeness (QED) is 0.601. The highest BCUT2D eigenvalue weighted by molar-refractivity contribution is 7.17. The van der Waals surface area contributed by atoms with E-state index < -0.39 is 6.09 Å². The Morgan fingerprint density at radius 3 is 2.38 bits per heavy atom. The number of benzene rings is 2. The lowest BCUT2D eigenvalue weighted by atomic mass is 10.2. The molecule has 2 amide bonds. The minimum Gasteiger partial charge on any atom is -0.492 e. The minimum absolute atomic E-state index is 0.241. The fourth-order valence-corrected chi connectivity index (χ4v) is 3.74. The number of rotatable bonds is 6. The molecule has 6 nitrogen and oxygen atoms in total. The summed E-state index contributed by atoms with van der Waals surface area (Å²) in [4.78, 5) is 27.3. The molecule has 0 bridgehead atoms. The van der Waals surface area contributed by atoms with Crippen molar-refractivity contribution in [2.24, 2.45) is 0 Å². The number of nitrogens with one attached hydrogen (secondary N) is 1. The molecule has 0 atom stereocenters. The molecule has 0 saturated heterocycles. The van der Waals surface area contributed by atoms with Crippen LogP contribution in [0.1, 0.15) is 16.6 Å². The van der Waals surface area contributed by atoms with Gasteiger partial charge >= 0.3 is 6.09 Å². The predicted octanol–water partition coefficient (Wildman–Crippen LogP) is 5.27. The summed E-state index contributed by atoms with van der Waals surface area (Å²) in [6, 6.07) is 18.7. The van der Waals surface area contributed by atoms with E-state index in [0.717, 1.165) is 10.4 Å². The molecule has 0 unspecified atom stereocenters. The third-order valence-electron chi connectivity index (χ3n) is 4.22. The van der Waals surface area contributed by atoms with E-state index in [1.807, 2.05) is 43.3 Å². The number of anilines is 2. The lowest BCUT2D eigenvalue weighted by Crippen LogP contribution is -2.25. The SMILES string of the molecule is CCOc1cc(-c2ccccc2)sc1C(=O)Nc1ccc(N(C)C(=O)OC)cc1. The highest BCUT2D eigenvalue weighted by Gasteiger charge is 2.19. The molecule has 0 fully saturated rings. The molecule has 1 aromatic heterocycles. The Labute approximate surface area is 173 Å². The van der Waals surface area contributed by atoms with Gasteiger partial charge < -0.3 is 14.8 Å². The fraction of sp³-hybridized carbons (Fsp3) is 0.182. The van der Waals surface area contributed by atoms with Gasteiger partial charge in [0.25, 0.3) is 5.91 Å². The molecular formula is C22H22N2O4S. The zero-order chi connectivity index (χ0) is 20.8. The Balaban J connectivity index is 1.79. The van der Waals surface area contributed by atoms with Gasteiger partial charge in [-0.05, 0) is 42.8 Å². The van der Waals surface area contributed by atoms with Crippen LogP contribution < -0.4 is 15.0 Å². The average molecular weight is 410 g/mol. The second-order valence-electron chi connectivity index (χ2n) is 6.13. The minimum atomic E-state index is -0.463. The molecular weight excluding hydrogens is 388 g/mol. The Bertz CT molecular complexity index is 984. The summed E-state index contributed by atoms with van der Waals surface area (Å²) in [6.45, 7) is 2.36. The molecule has 0 radical (unpaired) electrons. The highest BCUT2D eigenvalue weighted by Crippen LogP contribution is 2.36. The lowest BCUT2D eigenvalue weighted by molar-refractivity contribution is 0.102. The number of carbonyl (C=O) groups excluding carboxylic acids is 2. The summed E-state index contributed by atoms with van der Waals surface area (Å²) in [7, 11) is 2.94. The average Bonchev–Trinajstić information content (AvgIpc) is 3.18. The van der Waals surface area contributed by atoms with Gasteiger partial charge in [-0.3, -0.25) is 9.69 Å². The molecule has 3 rings (SSSR count). The summed E-state index contributed by atoms with van der Waals surface area (Å²) < 4.78 is 10.4. The van der Waals surface area contributed by atoms with E-state index in [0.29, 0.717) is 28.6 Å². The zero-order valence-electron chi connectivity index (χ0n) is 16.5. The van der Waals surface area contributed by atoms with Gasteiger partial charge in [0.2, 0.25) is 0 Å². The van der Waals surface area contributed by atoms with Crippen molar-refractivity contribution in [2.75, 3.05) is 31.0 Å². The maximum Gasteiger partial charge on any atom is 0.413 e. The molecule has 150 valence electrons. The molecule has 1 N–H and O–H groups in total. The van der Waals surface area contributed by atoms with Gasteiger partial charge in [-0.1, -0.05) is 30.3 Å². The van der Waals surface area contributed by atoms with Gasteiger partial charge in [0.1, 0.15) is 10.6 Å². The molecule has 0 aliphatic rings. The number of methoxy groups -OCH3 is 1. The Morgan fingerprint density at radius 1 is 1.07 bits per heavy atom. The number of ether oxygens (including phenoxy) is 2. The van der Waals surface area contributed by atoms with Crippen molar-refractivity contribution in [1.82, 2.24) is 0 Å². The van der Waals surface area contributed by atoms with E-state index >= 15 is 0 Å². The molecule has 29 heavy (non-hydrogen) atoms. The van der Waals surface area contributed by atoms with Crippen LogP contribution in [-0.4, -0.2) is 32.8 Å². The first-order chi connectivity index (χ1) is 14.0. The van der Waals surface area contributed by atoms with E-state index in [1.54, 1.807) is 31.3 Å². The molecule has 0 saturated carbocycles. The summed E-state index contributed by atoms with van der Waals surface area (Å²) in [5.41, 5.74) is 2.31. The fourth-order valence-electron chi connectivity index (χ4n) is 2.74. The van der Waals surface area contributed by atoms with Crippen molar-refractivity contribution in [3.05, 3.63) is 65.5 Å². The first-order valence-electron chi connectivity index (χ1n) is 9.08. The summed E-state index contributed by atoms with van der Waals surface area (Å²) in [5.74, 6) is 0.325. The molecule has 0 spiro atoms. The lowest BCUT2D eigenvalue weighted by Gasteiger charge is -2.16. The van der Waals surface area contributed by atoms with E-state index in [-0.39, 0.29) is 5.91 Å². The van der Waals surface area contributed by atoms with E-state index in [2.05, 4.69) is 5.32 Å². The largest absolute Gasteiger partial charge is 0.492 e. The normalized spacial score (nSPS) is 10.3. The van der Waals surface area contributed by atoms with Crippen molar-refractivity contribution in [1.29, 1.82) is 0 Å². The smallest absolute Gasteiger partial charge is 0.413 e. The van der Waals surface area contributed by atoms with Crippen LogP contribution in [0.3, 0.4) is 0 Å². The van der Waals surface area contributed by atoms with Crippen LogP contribution in [0.15, 0.2) is 60.7 Å².